The lowest BCUT2D eigenvalue weighted by Crippen LogP contribution is -2.43. The van der Waals surface area contributed by atoms with Crippen LogP contribution in [0.4, 0.5) is 0 Å². The number of rotatable bonds is 3. The fourth-order valence-corrected chi connectivity index (χ4v) is 1.79. The first-order valence-corrected chi connectivity index (χ1v) is 5.50. The molecule has 4 nitrogen and oxygen atoms in total. The van der Waals surface area contributed by atoms with Gasteiger partial charge in [-0.1, -0.05) is 23.4 Å². The van der Waals surface area contributed by atoms with Gasteiger partial charge in [-0.15, -0.1) is 0 Å². The molecule has 0 amide bonds. The largest absolute Gasteiger partial charge is 0.334 e. The maximum absolute atomic E-state index is 5.24. The van der Waals surface area contributed by atoms with Gasteiger partial charge in [0.05, 0.1) is 0 Å². The molecular formula is C12H13N3O. The Labute approximate surface area is 93.7 Å². The highest BCUT2D eigenvalue weighted by atomic mass is 16.5. The maximum atomic E-state index is 5.24. The molecule has 1 fully saturated rings. The molecule has 0 bridgehead atoms. The Balaban J connectivity index is 1.77. The quantitative estimate of drug-likeness (QED) is 0.843. The number of nitrogens with one attached hydrogen (secondary N) is 1. The van der Waals surface area contributed by atoms with E-state index < -0.39 is 0 Å². The Morgan fingerprint density at radius 2 is 2.06 bits per heavy atom. The van der Waals surface area contributed by atoms with Gasteiger partial charge in [-0.05, 0) is 31.1 Å². The van der Waals surface area contributed by atoms with E-state index >= 15 is 0 Å². The first kappa shape index (κ1) is 9.54. The number of hydrogen-bond donors (Lipinski definition) is 1. The molecule has 2 aromatic rings. The third kappa shape index (κ3) is 1.84. The van der Waals surface area contributed by atoms with Gasteiger partial charge in [0.1, 0.15) is 0 Å². The van der Waals surface area contributed by atoms with E-state index in [1.165, 1.54) is 0 Å². The van der Waals surface area contributed by atoms with Gasteiger partial charge >= 0.3 is 0 Å². The minimum absolute atomic E-state index is 0.614. The van der Waals surface area contributed by atoms with Crippen molar-refractivity contribution < 1.29 is 4.52 Å². The van der Waals surface area contributed by atoms with Crippen LogP contribution >= 0.6 is 0 Å². The fourth-order valence-electron chi connectivity index (χ4n) is 1.79. The van der Waals surface area contributed by atoms with Crippen LogP contribution < -0.4 is 5.32 Å². The maximum Gasteiger partial charge on any atom is 0.257 e. The first-order valence-electron chi connectivity index (χ1n) is 5.50. The van der Waals surface area contributed by atoms with Crippen molar-refractivity contribution in [3.05, 3.63) is 36.2 Å². The van der Waals surface area contributed by atoms with E-state index in [-0.39, 0.29) is 0 Å². The molecule has 0 aliphatic carbocycles. The fraction of sp³-hybridized carbons (Fsp3) is 0.333. The molecule has 1 aliphatic heterocycles. The van der Waals surface area contributed by atoms with Crippen molar-refractivity contribution in [1.82, 2.24) is 15.5 Å². The highest BCUT2D eigenvalue weighted by Gasteiger charge is 2.20. The van der Waals surface area contributed by atoms with E-state index in [1.807, 2.05) is 30.3 Å². The molecule has 16 heavy (non-hydrogen) atoms. The summed E-state index contributed by atoms with van der Waals surface area (Å²) in [6, 6.07) is 9.86. The minimum atomic E-state index is 0.614. The van der Waals surface area contributed by atoms with Crippen LogP contribution in [0.3, 0.4) is 0 Å². The second kappa shape index (κ2) is 4.06. The molecule has 1 aromatic heterocycles. The molecule has 1 aliphatic rings. The molecular weight excluding hydrogens is 202 g/mol. The first-order chi connectivity index (χ1) is 7.92. The van der Waals surface area contributed by atoms with Crippen LogP contribution in [0.25, 0.3) is 11.5 Å². The molecule has 0 atom stereocenters. The summed E-state index contributed by atoms with van der Waals surface area (Å²) in [5.41, 5.74) is 0.980. The van der Waals surface area contributed by atoms with Crippen molar-refractivity contribution in [1.29, 1.82) is 0 Å². The van der Waals surface area contributed by atoms with Crippen LogP contribution in [0.5, 0.6) is 0 Å². The van der Waals surface area contributed by atoms with E-state index in [0.29, 0.717) is 11.8 Å². The van der Waals surface area contributed by atoms with Crippen molar-refractivity contribution >= 4 is 0 Å². The van der Waals surface area contributed by atoms with Crippen LogP contribution in [0.2, 0.25) is 0 Å². The zero-order valence-corrected chi connectivity index (χ0v) is 8.89. The van der Waals surface area contributed by atoms with Crippen LogP contribution in [-0.2, 0) is 6.42 Å². The van der Waals surface area contributed by atoms with Gasteiger partial charge < -0.3 is 9.84 Å². The van der Waals surface area contributed by atoms with Crippen LogP contribution in [0.15, 0.2) is 34.9 Å². The summed E-state index contributed by atoms with van der Waals surface area (Å²) in [6.07, 6.45) is 0.906. The molecule has 3 rings (SSSR count). The Kier molecular flexibility index (Phi) is 2.42. The summed E-state index contributed by atoms with van der Waals surface area (Å²) in [5.74, 6) is 2.09. The molecule has 1 saturated heterocycles. The molecule has 0 saturated carbocycles. The summed E-state index contributed by atoms with van der Waals surface area (Å²) in [7, 11) is 0. The van der Waals surface area contributed by atoms with E-state index in [9.17, 15) is 0 Å². The molecule has 0 radical (unpaired) electrons. The highest BCUT2D eigenvalue weighted by molar-refractivity contribution is 5.51. The van der Waals surface area contributed by atoms with Gasteiger partial charge in [0.25, 0.3) is 5.89 Å². The van der Waals surface area contributed by atoms with Gasteiger partial charge in [-0.2, -0.15) is 4.98 Å². The smallest absolute Gasteiger partial charge is 0.257 e. The number of hydrogen-bond acceptors (Lipinski definition) is 4. The highest BCUT2D eigenvalue weighted by Crippen LogP contribution is 2.18. The van der Waals surface area contributed by atoms with E-state index in [4.69, 9.17) is 4.52 Å². The van der Waals surface area contributed by atoms with Crippen LogP contribution in [0, 0.1) is 5.92 Å². The monoisotopic (exact) mass is 215 g/mol. The van der Waals surface area contributed by atoms with E-state index in [2.05, 4.69) is 15.5 Å². The Hall–Kier alpha value is -1.68. The van der Waals surface area contributed by atoms with Crippen molar-refractivity contribution in [3.63, 3.8) is 0 Å². The molecule has 1 aromatic carbocycles. The van der Waals surface area contributed by atoms with Crippen molar-refractivity contribution in [2.45, 2.75) is 6.42 Å². The van der Waals surface area contributed by atoms with E-state index in [0.717, 1.165) is 30.9 Å². The second-order valence-corrected chi connectivity index (χ2v) is 4.11. The van der Waals surface area contributed by atoms with Crippen LogP contribution in [-0.4, -0.2) is 23.2 Å². The van der Waals surface area contributed by atoms with Crippen LogP contribution in [0.1, 0.15) is 5.82 Å². The summed E-state index contributed by atoms with van der Waals surface area (Å²) < 4.78 is 5.24. The summed E-state index contributed by atoms with van der Waals surface area (Å²) in [6.45, 7) is 2.13. The molecule has 4 heteroatoms. The Morgan fingerprint density at radius 3 is 2.75 bits per heavy atom. The number of benzene rings is 1. The lowest BCUT2D eigenvalue weighted by molar-refractivity contribution is 0.333. The average Bonchev–Trinajstić information content (AvgIpc) is 2.73. The second-order valence-electron chi connectivity index (χ2n) is 4.11. The SMILES string of the molecule is c1ccc(-c2nc(CC3CNC3)no2)cc1. The predicted molar refractivity (Wildman–Crippen MR) is 59.8 cm³/mol. The average molecular weight is 215 g/mol. The molecule has 1 N–H and O–H groups in total. The summed E-state index contributed by atoms with van der Waals surface area (Å²) >= 11 is 0. The predicted octanol–water partition coefficient (Wildman–Crippen LogP) is 1.50. The van der Waals surface area contributed by atoms with Gasteiger partial charge in [-0.25, -0.2) is 0 Å². The third-order valence-electron chi connectivity index (χ3n) is 2.83. The molecule has 0 spiro atoms. The van der Waals surface area contributed by atoms with Gasteiger partial charge in [-0.3, -0.25) is 0 Å². The number of aromatic nitrogens is 2. The molecule has 82 valence electrons. The lowest BCUT2D eigenvalue weighted by Gasteiger charge is -2.25. The Bertz CT molecular complexity index is 462. The van der Waals surface area contributed by atoms with Crippen molar-refractivity contribution in [2.75, 3.05) is 13.1 Å². The zero-order chi connectivity index (χ0) is 10.8. The number of nitrogens with zero attached hydrogens (tertiary/aromatic N) is 2. The summed E-state index contributed by atoms with van der Waals surface area (Å²) in [4.78, 5) is 4.40. The van der Waals surface area contributed by atoms with Crippen molar-refractivity contribution in [2.24, 2.45) is 5.92 Å². The lowest BCUT2D eigenvalue weighted by atomic mass is 9.99. The van der Waals surface area contributed by atoms with Crippen molar-refractivity contribution in [3.8, 4) is 11.5 Å². The minimum Gasteiger partial charge on any atom is -0.334 e. The Morgan fingerprint density at radius 1 is 1.25 bits per heavy atom. The zero-order valence-electron chi connectivity index (χ0n) is 8.89. The molecule has 2 heterocycles. The standard InChI is InChI=1S/C12H13N3O/c1-2-4-10(5-3-1)12-14-11(15-16-12)6-9-7-13-8-9/h1-5,9,13H,6-8H2. The topological polar surface area (TPSA) is 51.0 Å². The molecule has 0 unspecified atom stereocenters. The van der Waals surface area contributed by atoms with Gasteiger partial charge in [0.15, 0.2) is 5.82 Å². The normalized spacial score (nSPS) is 16.0. The van der Waals surface area contributed by atoms with Gasteiger partial charge in [0, 0.05) is 12.0 Å². The van der Waals surface area contributed by atoms with E-state index in [1.54, 1.807) is 0 Å². The van der Waals surface area contributed by atoms with Gasteiger partial charge in [0.2, 0.25) is 0 Å². The third-order valence-corrected chi connectivity index (χ3v) is 2.83. The summed E-state index contributed by atoms with van der Waals surface area (Å²) in [5, 5.41) is 7.23.